The molecule has 1 aromatic carbocycles. The Balaban J connectivity index is 1.97. The standard InChI is InChI=1S/C16H23N3O3/c1-10-8-19(9-11(2)22-10)12(3)16(21)18-14-6-4-13(5-7-14)15(17)20/h4-7,10-12H,8-9H2,1-3H3,(H2,17,20)(H,18,21)/p+1/t10-,11-,12-/m0/s1. The van der Waals surface area contributed by atoms with Crippen molar-refractivity contribution in [1.82, 2.24) is 0 Å². The molecule has 0 spiro atoms. The molecule has 0 aliphatic carbocycles. The molecule has 0 unspecified atom stereocenters. The second kappa shape index (κ2) is 6.89. The number of morpholine rings is 1. The lowest BCUT2D eigenvalue weighted by Gasteiger charge is -2.35. The Labute approximate surface area is 130 Å². The minimum absolute atomic E-state index is 0.0388. The number of anilines is 1. The zero-order chi connectivity index (χ0) is 16.3. The quantitative estimate of drug-likeness (QED) is 0.720. The molecule has 0 aromatic heterocycles. The number of primary amides is 1. The summed E-state index contributed by atoms with van der Waals surface area (Å²) in [5, 5.41) is 2.88. The van der Waals surface area contributed by atoms with Crippen molar-refractivity contribution in [2.24, 2.45) is 5.73 Å². The summed E-state index contributed by atoms with van der Waals surface area (Å²) in [4.78, 5) is 24.6. The van der Waals surface area contributed by atoms with E-state index in [1.807, 2.05) is 20.8 Å². The summed E-state index contributed by atoms with van der Waals surface area (Å²) in [6.07, 6.45) is 0.313. The fourth-order valence-electron chi connectivity index (χ4n) is 2.82. The molecule has 6 nitrogen and oxygen atoms in total. The minimum atomic E-state index is -0.480. The van der Waals surface area contributed by atoms with Crippen molar-refractivity contribution < 1.29 is 19.2 Å². The van der Waals surface area contributed by atoms with Gasteiger partial charge in [0.2, 0.25) is 5.91 Å². The van der Waals surface area contributed by atoms with Gasteiger partial charge < -0.3 is 20.7 Å². The first kappa shape index (κ1) is 16.5. The highest BCUT2D eigenvalue weighted by Gasteiger charge is 2.32. The lowest BCUT2D eigenvalue weighted by atomic mass is 10.1. The van der Waals surface area contributed by atoms with Crippen LogP contribution in [-0.4, -0.2) is 43.2 Å². The summed E-state index contributed by atoms with van der Waals surface area (Å²) < 4.78 is 5.70. The smallest absolute Gasteiger partial charge is 0.282 e. The highest BCUT2D eigenvalue weighted by atomic mass is 16.5. The van der Waals surface area contributed by atoms with Crippen LogP contribution in [0.2, 0.25) is 0 Å². The van der Waals surface area contributed by atoms with Gasteiger partial charge in [-0.25, -0.2) is 0 Å². The predicted octanol–water partition coefficient (Wildman–Crippen LogP) is -0.195. The second-order valence-electron chi connectivity index (χ2n) is 5.98. The number of carbonyl (C=O) groups excluding carboxylic acids is 2. The first-order valence-corrected chi connectivity index (χ1v) is 7.57. The average molecular weight is 306 g/mol. The summed E-state index contributed by atoms with van der Waals surface area (Å²) in [5.74, 6) is -0.518. The third-order valence-corrected chi connectivity index (χ3v) is 4.01. The van der Waals surface area contributed by atoms with Gasteiger partial charge in [0.15, 0.2) is 6.04 Å². The summed E-state index contributed by atoms with van der Waals surface area (Å²) in [6.45, 7) is 7.62. The number of benzene rings is 1. The number of ether oxygens (including phenoxy) is 1. The van der Waals surface area contributed by atoms with Crippen LogP contribution in [-0.2, 0) is 9.53 Å². The molecular formula is C16H24N3O3+. The van der Waals surface area contributed by atoms with Gasteiger partial charge in [-0.15, -0.1) is 0 Å². The van der Waals surface area contributed by atoms with Gasteiger partial charge in [0.05, 0.1) is 0 Å². The van der Waals surface area contributed by atoms with E-state index in [0.29, 0.717) is 11.3 Å². The molecule has 1 aromatic rings. The van der Waals surface area contributed by atoms with Crippen LogP contribution >= 0.6 is 0 Å². The maximum absolute atomic E-state index is 12.4. The van der Waals surface area contributed by atoms with Crippen molar-refractivity contribution in [3.8, 4) is 0 Å². The molecule has 120 valence electrons. The van der Waals surface area contributed by atoms with Crippen LogP contribution in [0.1, 0.15) is 31.1 Å². The molecule has 0 radical (unpaired) electrons. The molecule has 2 amide bonds. The Morgan fingerprint density at radius 2 is 1.77 bits per heavy atom. The number of quaternary nitrogens is 1. The Morgan fingerprint density at radius 1 is 1.23 bits per heavy atom. The largest absolute Gasteiger partial charge is 0.366 e. The van der Waals surface area contributed by atoms with Crippen LogP contribution in [0.5, 0.6) is 0 Å². The highest BCUT2D eigenvalue weighted by Crippen LogP contribution is 2.09. The van der Waals surface area contributed by atoms with E-state index in [2.05, 4.69) is 5.32 Å². The molecule has 2 rings (SSSR count). The number of nitrogens with one attached hydrogen (secondary N) is 2. The molecule has 1 aliphatic heterocycles. The molecule has 1 fully saturated rings. The molecular weight excluding hydrogens is 282 g/mol. The van der Waals surface area contributed by atoms with Gasteiger partial charge in [0, 0.05) is 11.3 Å². The Morgan fingerprint density at radius 3 is 2.27 bits per heavy atom. The number of carbonyl (C=O) groups is 2. The van der Waals surface area contributed by atoms with Crippen molar-refractivity contribution in [2.75, 3.05) is 18.4 Å². The number of hydrogen-bond donors (Lipinski definition) is 3. The van der Waals surface area contributed by atoms with Crippen LogP contribution in [0.25, 0.3) is 0 Å². The molecule has 1 heterocycles. The summed E-state index contributed by atoms with van der Waals surface area (Å²) >= 11 is 0. The average Bonchev–Trinajstić information content (AvgIpc) is 2.46. The van der Waals surface area contributed by atoms with E-state index < -0.39 is 5.91 Å². The van der Waals surface area contributed by atoms with E-state index >= 15 is 0 Å². The molecule has 22 heavy (non-hydrogen) atoms. The number of nitrogens with two attached hydrogens (primary N) is 1. The maximum Gasteiger partial charge on any atom is 0.282 e. The molecule has 1 saturated heterocycles. The normalized spacial score (nSPS) is 26.2. The topological polar surface area (TPSA) is 85.9 Å². The van der Waals surface area contributed by atoms with Crippen molar-refractivity contribution in [1.29, 1.82) is 0 Å². The Bertz CT molecular complexity index is 534. The van der Waals surface area contributed by atoms with Gasteiger partial charge >= 0.3 is 0 Å². The zero-order valence-electron chi connectivity index (χ0n) is 13.3. The van der Waals surface area contributed by atoms with Crippen LogP contribution in [0, 0.1) is 0 Å². The van der Waals surface area contributed by atoms with Crippen LogP contribution < -0.4 is 16.0 Å². The van der Waals surface area contributed by atoms with Gasteiger partial charge in [0.1, 0.15) is 25.3 Å². The second-order valence-corrected chi connectivity index (χ2v) is 5.98. The lowest BCUT2D eigenvalue weighted by Crippen LogP contribution is -3.19. The zero-order valence-corrected chi connectivity index (χ0v) is 13.3. The lowest BCUT2D eigenvalue weighted by molar-refractivity contribution is -0.928. The van der Waals surface area contributed by atoms with Gasteiger partial charge in [0.25, 0.3) is 5.91 Å². The summed E-state index contributed by atoms with van der Waals surface area (Å²) in [5.41, 5.74) is 6.28. The van der Waals surface area contributed by atoms with E-state index in [1.165, 1.54) is 4.90 Å². The third-order valence-electron chi connectivity index (χ3n) is 4.01. The van der Waals surface area contributed by atoms with Gasteiger partial charge in [-0.05, 0) is 45.0 Å². The van der Waals surface area contributed by atoms with Gasteiger partial charge in [-0.2, -0.15) is 0 Å². The van der Waals surface area contributed by atoms with Gasteiger partial charge in [-0.1, -0.05) is 0 Å². The fraction of sp³-hybridized carbons (Fsp3) is 0.500. The number of hydrogen-bond acceptors (Lipinski definition) is 3. The van der Waals surface area contributed by atoms with Crippen LogP contribution in [0.15, 0.2) is 24.3 Å². The van der Waals surface area contributed by atoms with Gasteiger partial charge in [-0.3, -0.25) is 9.59 Å². The molecule has 0 bridgehead atoms. The minimum Gasteiger partial charge on any atom is -0.366 e. The third kappa shape index (κ3) is 4.05. The maximum atomic E-state index is 12.4. The Kier molecular flexibility index (Phi) is 5.15. The first-order valence-electron chi connectivity index (χ1n) is 7.57. The number of amides is 2. The van der Waals surface area contributed by atoms with E-state index in [4.69, 9.17) is 10.5 Å². The summed E-state index contributed by atoms with van der Waals surface area (Å²) in [7, 11) is 0. The van der Waals surface area contributed by atoms with E-state index in [1.54, 1.807) is 24.3 Å². The van der Waals surface area contributed by atoms with Crippen LogP contribution in [0.3, 0.4) is 0 Å². The van der Waals surface area contributed by atoms with Crippen molar-refractivity contribution >= 4 is 17.5 Å². The highest BCUT2D eigenvalue weighted by molar-refractivity contribution is 5.95. The first-order chi connectivity index (χ1) is 10.4. The Hall–Kier alpha value is -1.92. The van der Waals surface area contributed by atoms with Crippen molar-refractivity contribution in [3.05, 3.63) is 29.8 Å². The molecule has 1 aliphatic rings. The SMILES string of the molecule is C[C@H]1C[NH+]([C@@H](C)C(=O)Nc2ccc(C(N)=O)cc2)C[C@H](C)O1. The summed E-state index contributed by atoms with van der Waals surface area (Å²) in [6, 6.07) is 6.42. The molecule has 6 heteroatoms. The van der Waals surface area contributed by atoms with Crippen molar-refractivity contribution in [2.45, 2.75) is 39.0 Å². The van der Waals surface area contributed by atoms with Crippen molar-refractivity contribution in [3.63, 3.8) is 0 Å². The predicted molar refractivity (Wildman–Crippen MR) is 83.8 cm³/mol. The van der Waals surface area contributed by atoms with Crippen LogP contribution in [0.4, 0.5) is 5.69 Å². The number of rotatable bonds is 4. The fourth-order valence-corrected chi connectivity index (χ4v) is 2.82. The molecule has 0 saturated carbocycles. The monoisotopic (exact) mass is 306 g/mol. The van der Waals surface area contributed by atoms with E-state index in [-0.39, 0.29) is 24.2 Å². The molecule has 3 atom stereocenters. The molecule has 4 N–H and O–H groups in total. The van der Waals surface area contributed by atoms with E-state index in [9.17, 15) is 9.59 Å². The van der Waals surface area contributed by atoms with E-state index in [0.717, 1.165) is 13.1 Å².